The minimum absolute atomic E-state index is 0.0421. The van der Waals surface area contributed by atoms with E-state index < -0.39 is 22.6 Å². The molecule has 4 heterocycles. The van der Waals surface area contributed by atoms with E-state index >= 15 is 0 Å². The number of aliphatic hydroxyl groups is 1. The first-order chi connectivity index (χ1) is 19.9. The second-order valence-electron chi connectivity index (χ2n) is 10.8. The molecule has 5 atom stereocenters. The summed E-state index contributed by atoms with van der Waals surface area (Å²) >= 11 is 1.55. The first-order valence-corrected chi connectivity index (χ1v) is 15.3. The summed E-state index contributed by atoms with van der Waals surface area (Å²) in [6.07, 6.45) is 8.02. The van der Waals surface area contributed by atoms with Crippen molar-refractivity contribution in [3.05, 3.63) is 78.9 Å². The van der Waals surface area contributed by atoms with Crippen molar-refractivity contribution in [1.29, 1.82) is 0 Å². The molecule has 0 saturated carbocycles. The molecule has 9 heteroatoms. The Labute approximate surface area is 245 Å². The van der Waals surface area contributed by atoms with Gasteiger partial charge < -0.3 is 24.7 Å². The zero-order chi connectivity index (χ0) is 28.7. The number of para-hydroxylation sites is 1. The van der Waals surface area contributed by atoms with Crippen molar-refractivity contribution in [2.24, 2.45) is 11.8 Å². The van der Waals surface area contributed by atoms with E-state index in [9.17, 15) is 19.5 Å². The van der Waals surface area contributed by atoms with Crippen LogP contribution < -0.4 is 14.7 Å². The van der Waals surface area contributed by atoms with Crippen LogP contribution in [0.3, 0.4) is 0 Å². The number of anilines is 3. The van der Waals surface area contributed by atoms with Crippen molar-refractivity contribution in [2.75, 3.05) is 54.0 Å². The number of likely N-dealkylation sites (tertiary alicyclic amines) is 1. The van der Waals surface area contributed by atoms with Gasteiger partial charge in [0.1, 0.15) is 6.04 Å². The number of rotatable bonds is 7. The molecule has 2 aromatic carbocycles. The van der Waals surface area contributed by atoms with Gasteiger partial charge in [-0.15, -0.1) is 11.8 Å². The molecule has 2 aromatic rings. The van der Waals surface area contributed by atoms with Crippen molar-refractivity contribution in [1.82, 2.24) is 4.90 Å². The number of hydrogen-bond acceptors (Lipinski definition) is 6. The van der Waals surface area contributed by atoms with Crippen molar-refractivity contribution >= 4 is 46.5 Å². The number of carbonyl (C=O) groups is 3. The summed E-state index contributed by atoms with van der Waals surface area (Å²) in [6.45, 7) is 6.58. The standard InChI is InChI=1S/C32H36N4O4S/c1-3-33(4-2)22-13-15-24(16-14-22)35-19-9-17-32-27(30(39)36(20-21-37)28(32)31(35)40)26-25(41-32)12-8-18-34(29(26)38)23-10-6-5-7-11-23/h5-17,25-28,37H,3-4,18-21H2,1-2H3/t25-,26+,27-,28?,32-/m0/s1. The Morgan fingerprint density at radius 2 is 1.54 bits per heavy atom. The van der Waals surface area contributed by atoms with Gasteiger partial charge >= 0.3 is 0 Å². The molecule has 6 rings (SSSR count). The largest absolute Gasteiger partial charge is 0.395 e. The second kappa shape index (κ2) is 11.0. The lowest BCUT2D eigenvalue weighted by Gasteiger charge is -2.35. The molecule has 214 valence electrons. The van der Waals surface area contributed by atoms with Crippen molar-refractivity contribution in [3.8, 4) is 0 Å². The van der Waals surface area contributed by atoms with Crippen LogP contribution in [0.25, 0.3) is 0 Å². The highest BCUT2D eigenvalue weighted by molar-refractivity contribution is 8.02. The van der Waals surface area contributed by atoms with Gasteiger partial charge in [0.2, 0.25) is 11.8 Å². The van der Waals surface area contributed by atoms with E-state index in [1.807, 2.05) is 78.9 Å². The maximum absolute atomic E-state index is 14.4. The molecule has 4 aliphatic heterocycles. The molecule has 0 radical (unpaired) electrons. The first kappa shape index (κ1) is 27.6. The van der Waals surface area contributed by atoms with Crippen LogP contribution in [0.5, 0.6) is 0 Å². The maximum atomic E-state index is 14.4. The molecule has 0 aliphatic carbocycles. The molecule has 41 heavy (non-hydrogen) atoms. The molecular formula is C32H36N4O4S. The van der Waals surface area contributed by atoms with E-state index in [2.05, 4.69) is 18.7 Å². The molecule has 3 amide bonds. The molecule has 0 aromatic heterocycles. The van der Waals surface area contributed by atoms with Crippen LogP contribution in [0.1, 0.15) is 13.8 Å². The Morgan fingerprint density at radius 1 is 0.878 bits per heavy atom. The highest BCUT2D eigenvalue weighted by Crippen LogP contribution is 2.61. The summed E-state index contributed by atoms with van der Waals surface area (Å²) in [5, 5.41) is 9.72. The lowest BCUT2D eigenvalue weighted by molar-refractivity contribution is -0.139. The molecule has 2 saturated heterocycles. The fourth-order valence-electron chi connectivity index (χ4n) is 6.99. The van der Waals surface area contributed by atoms with Crippen LogP contribution >= 0.6 is 11.8 Å². The molecule has 1 N–H and O–H groups in total. The number of nitrogens with zero attached hydrogens (tertiary/aromatic N) is 4. The summed E-state index contributed by atoms with van der Waals surface area (Å²) in [5.41, 5.74) is 2.64. The fraction of sp³-hybridized carbons (Fsp3) is 0.406. The van der Waals surface area contributed by atoms with E-state index in [1.54, 1.807) is 21.6 Å². The van der Waals surface area contributed by atoms with Gasteiger partial charge in [0.15, 0.2) is 0 Å². The molecule has 1 unspecified atom stereocenters. The summed E-state index contributed by atoms with van der Waals surface area (Å²) in [6, 6.07) is 16.7. The van der Waals surface area contributed by atoms with E-state index in [1.165, 1.54) is 4.90 Å². The van der Waals surface area contributed by atoms with Gasteiger partial charge in [-0.1, -0.05) is 42.5 Å². The zero-order valence-electron chi connectivity index (χ0n) is 23.4. The van der Waals surface area contributed by atoms with Crippen LogP contribution in [0.4, 0.5) is 17.1 Å². The van der Waals surface area contributed by atoms with E-state index in [0.717, 1.165) is 30.2 Å². The third kappa shape index (κ3) is 4.37. The highest BCUT2D eigenvalue weighted by atomic mass is 32.2. The van der Waals surface area contributed by atoms with Gasteiger partial charge in [-0.3, -0.25) is 14.4 Å². The van der Waals surface area contributed by atoms with Crippen molar-refractivity contribution in [2.45, 2.75) is 29.9 Å². The van der Waals surface area contributed by atoms with Gasteiger partial charge in [-0.05, 0) is 50.2 Å². The van der Waals surface area contributed by atoms with Gasteiger partial charge in [0, 0.05) is 55.0 Å². The van der Waals surface area contributed by atoms with Gasteiger partial charge in [0.25, 0.3) is 5.91 Å². The van der Waals surface area contributed by atoms with Crippen LogP contribution in [0.2, 0.25) is 0 Å². The second-order valence-corrected chi connectivity index (χ2v) is 12.3. The summed E-state index contributed by atoms with van der Waals surface area (Å²) in [7, 11) is 0. The maximum Gasteiger partial charge on any atom is 0.251 e. The minimum atomic E-state index is -0.908. The lowest BCUT2D eigenvalue weighted by Crippen LogP contribution is -2.53. The minimum Gasteiger partial charge on any atom is -0.395 e. The van der Waals surface area contributed by atoms with Crippen LogP contribution in [0.15, 0.2) is 78.9 Å². The fourth-order valence-corrected chi connectivity index (χ4v) is 9.00. The zero-order valence-corrected chi connectivity index (χ0v) is 24.2. The Bertz CT molecular complexity index is 1380. The van der Waals surface area contributed by atoms with Crippen molar-refractivity contribution in [3.63, 3.8) is 0 Å². The Balaban J connectivity index is 1.38. The molecule has 1 spiro atoms. The SMILES string of the molecule is CCN(CC)c1ccc(N2CC=C[C@]34S[C@H]5C=CCN(c6ccccc6)C(=O)[C@H]5[C@H]3C(=O)N(CCO)C4C2=O)cc1. The summed E-state index contributed by atoms with van der Waals surface area (Å²) < 4.78 is -0.908. The molecule has 0 bridgehead atoms. The lowest BCUT2D eigenvalue weighted by atomic mass is 9.78. The normalized spacial score (nSPS) is 28.9. The topological polar surface area (TPSA) is 84.4 Å². The van der Waals surface area contributed by atoms with E-state index in [0.29, 0.717) is 13.1 Å². The number of β-amino-alcohol motifs (C(OH)–C–C–N with tert-alkyl or cyclic N) is 1. The number of fused-ring (bicyclic) bond motifs is 2. The highest BCUT2D eigenvalue weighted by Gasteiger charge is 2.71. The monoisotopic (exact) mass is 572 g/mol. The van der Waals surface area contributed by atoms with Crippen LogP contribution in [-0.2, 0) is 14.4 Å². The van der Waals surface area contributed by atoms with Gasteiger partial charge in [0.05, 0.1) is 23.2 Å². The van der Waals surface area contributed by atoms with E-state index in [4.69, 9.17) is 0 Å². The molecule has 4 aliphatic rings. The average molecular weight is 573 g/mol. The predicted molar refractivity (Wildman–Crippen MR) is 163 cm³/mol. The third-order valence-corrected chi connectivity index (χ3v) is 10.6. The van der Waals surface area contributed by atoms with Gasteiger partial charge in [-0.25, -0.2) is 0 Å². The first-order valence-electron chi connectivity index (χ1n) is 14.4. The Kier molecular flexibility index (Phi) is 7.42. The number of thioether (sulfide) groups is 1. The van der Waals surface area contributed by atoms with Crippen molar-refractivity contribution < 1.29 is 19.5 Å². The van der Waals surface area contributed by atoms with Crippen LogP contribution in [-0.4, -0.2) is 83.1 Å². The van der Waals surface area contributed by atoms with E-state index in [-0.39, 0.29) is 36.1 Å². The smallest absolute Gasteiger partial charge is 0.251 e. The molecular weight excluding hydrogens is 536 g/mol. The van der Waals surface area contributed by atoms with Crippen LogP contribution in [0, 0.1) is 11.8 Å². The third-order valence-electron chi connectivity index (χ3n) is 8.86. The molecule has 2 fully saturated rings. The molecule has 8 nitrogen and oxygen atoms in total. The number of hydrogen-bond donors (Lipinski definition) is 1. The number of aliphatic hydroxyl groups excluding tert-OH is 1. The summed E-state index contributed by atoms with van der Waals surface area (Å²) in [4.78, 5) is 50.0. The number of amides is 3. The predicted octanol–water partition coefficient (Wildman–Crippen LogP) is 3.33. The van der Waals surface area contributed by atoms with Gasteiger partial charge in [-0.2, -0.15) is 0 Å². The number of carbonyl (C=O) groups excluding carboxylic acids is 3. The Hall–Kier alpha value is -3.56. The average Bonchev–Trinajstić information content (AvgIpc) is 3.29. The quantitative estimate of drug-likeness (QED) is 0.513. The summed E-state index contributed by atoms with van der Waals surface area (Å²) in [5.74, 6) is -1.85. The Morgan fingerprint density at radius 3 is 2.22 bits per heavy atom. The number of benzene rings is 2.